The van der Waals surface area contributed by atoms with E-state index in [1.54, 1.807) is 32.3 Å². The lowest BCUT2D eigenvalue weighted by molar-refractivity contribution is 0.0828. The predicted molar refractivity (Wildman–Crippen MR) is 67.8 cm³/mol. The Balaban J connectivity index is 2.70. The van der Waals surface area contributed by atoms with Gasteiger partial charge in [0.1, 0.15) is 0 Å². The third kappa shape index (κ3) is 2.12. The van der Waals surface area contributed by atoms with Crippen molar-refractivity contribution in [2.24, 2.45) is 0 Å². The van der Waals surface area contributed by atoms with Gasteiger partial charge in [-0.15, -0.1) is 0 Å². The lowest BCUT2D eigenvalue weighted by Crippen LogP contribution is -2.21. The van der Waals surface area contributed by atoms with Gasteiger partial charge < -0.3 is 9.88 Å². The van der Waals surface area contributed by atoms with Crippen LogP contribution in [0.1, 0.15) is 10.4 Å². The minimum absolute atomic E-state index is 0.119. The zero-order valence-corrected chi connectivity index (χ0v) is 10.2. The molecule has 0 saturated carbocycles. The van der Waals surface area contributed by atoms with Crippen LogP contribution >= 0.6 is 12.2 Å². The van der Waals surface area contributed by atoms with Crippen LogP contribution in [0.2, 0.25) is 0 Å². The van der Waals surface area contributed by atoms with Gasteiger partial charge in [-0.2, -0.15) is 0 Å². The molecular weight excluding hydrogens is 238 g/mol. The Kier molecular flexibility index (Phi) is 2.81. The largest absolute Gasteiger partial charge is 0.345 e. The van der Waals surface area contributed by atoms with E-state index in [4.69, 9.17) is 12.2 Å². The molecule has 2 rings (SSSR count). The molecule has 2 aromatic rings. The summed E-state index contributed by atoms with van der Waals surface area (Å²) in [7, 11) is 3.35. The van der Waals surface area contributed by atoms with Gasteiger partial charge in [0.2, 0.25) is 0 Å². The normalized spacial score (nSPS) is 10.5. The molecule has 0 aliphatic heterocycles. The maximum atomic E-state index is 11.8. The van der Waals surface area contributed by atoms with E-state index in [9.17, 15) is 9.59 Å². The number of hydrogen-bond acceptors (Lipinski definition) is 3. The zero-order valence-electron chi connectivity index (χ0n) is 9.40. The van der Waals surface area contributed by atoms with Crippen LogP contribution in [-0.4, -0.2) is 34.9 Å². The number of carbonyl (C=O) groups is 1. The smallest absolute Gasteiger partial charge is 0.259 e. The van der Waals surface area contributed by atoms with E-state index in [-0.39, 0.29) is 16.2 Å². The van der Waals surface area contributed by atoms with E-state index in [2.05, 4.69) is 9.97 Å². The second-order valence-corrected chi connectivity index (χ2v) is 4.28. The number of nitrogens with one attached hydrogen (secondary N) is 2. The summed E-state index contributed by atoms with van der Waals surface area (Å²) < 4.78 is 0.247. The zero-order chi connectivity index (χ0) is 12.6. The molecule has 1 aromatic heterocycles. The van der Waals surface area contributed by atoms with Gasteiger partial charge in [-0.25, -0.2) is 0 Å². The van der Waals surface area contributed by atoms with Gasteiger partial charge in [0.05, 0.1) is 10.9 Å². The fourth-order valence-electron chi connectivity index (χ4n) is 1.56. The van der Waals surface area contributed by atoms with E-state index < -0.39 is 0 Å². The Morgan fingerprint density at radius 1 is 1.29 bits per heavy atom. The van der Waals surface area contributed by atoms with Crippen LogP contribution in [0.5, 0.6) is 0 Å². The molecule has 0 atom stereocenters. The van der Waals surface area contributed by atoms with Crippen molar-refractivity contribution < 1.29 is 4.79 Å². The van der Waals surface area contributed by atoms with Crippen LogP contribution in [0.25, 0.3) is 10.9 Å². The average Bonchev–Trinajstić information content (AvgIpc) is 2.26. The highest BCUT2D eigenvalue weighted by atomic mass is 32.1. The van der Waals surface area contributed by atoms with Crippen LogP contribution in [0.15, 0.2) is 23.0 Å². The molecule has 1 amide bonds. The molecule has 0 aliphatic rings. The molecule has 1 heterocycles. The van der Waals surface area contributed by atoms with E-state index in [0.717, 1.165) is 0 Å². The third-order valence-electron chi connectivity index (χ3n) is 2.39. The first-order chi connectivity index (χ1) is 7.99. The van der Waals surface area contributed by atoms with Crippen molar-refractivity contribution in [3.05, 3.63) is 38.9 Å². The van der Waals surface area contributed by atoms with E-state index in [1.165, 1.54) is 4.90 Å². The van der Waals surface area contributed by atoms with Crippen LogP contribution in [0.3, 0.4) is 0 Å². The standard InChI is InChI=1S/C11H11N3O2S/c1-14(2)10(16)6-3-4-7-8(5-6)12-11(17)13-9(7)15/h3-5H,1-2H3,(H2,12,13,15,17). The fraction of sp³-hybridized carbons (Fsp3) is 0.182. The molecule has 5 nitrogen and oxygen atoms in total. The number of benzene rings is 1. The molecule has 0 radical (unpaired) electrons. The number of hydrogen-bond donors (Lipinski definition) is 2. The van der Waals surface area contributed by atoms with Crippen molar-refractivity contribution in [1.29, 1.82) is 0 Å². The molecule has 0 aliphatic carbocycles. The van der Waals surface area contributed by atoms with Crippen molar-refractivity contribution in [2.45, 2.75) is 0 Å². The fourth-order valence-corrected chi connectivity index (χ4v) is 1.76. The van der Waals surface area contributed by atoms with Crippen LogP contribution in [0, 0.1) is 4.77 Å². The van der Waals surface area contributed by atoms with Gasteiger partial charge in [-0.1, -0.05) is 0 Å². The number of rotatable bonds is 1. The monoisotopic (exact) mass is 249 g/mol. The number of carbonyl (C=O) groups excluding carboxylic acids is 1. The maximum absolute atomic E-state index is 11.8. The quantitative estimate of drug-likeness (QED) is 0.748. The molecule has 0 saturated heterocycles. The predicted octanol–water partition coefficient (Wildman–Crippen LogP) is 1.29. The highest BCUT2D eigenvalue weighted by Gasteiger charge is 2.09. The molecular formula is C11H11N3O2S. The number of aromatic nitrogens is 2. The van der Waals surface area contributed by atoms with Crippen LogP contribution in [0.4, 0.5) is 0 Å². The van der Waals surface area contributed by atoms with Crippen LogP contribution < -0.4 is 5.56 Å². The number of nitrogens with zero attached hydrogens (tertiary/aromatic N) is 1. The van der Waals surface area contributed by atoms with Crippen molar-refractivity contribution >= 4 is 29.0 Å². The minimum Gasteiger partial charge on any atom is -0.345 e. The van der Waals surface area contributed by atoms with Gasteiger partial charge in [0, 0.05) is 19.7 Å². The first kappa shape index (κ1) is 11.5. The van der Waals surface area contributed by atoms with Crippen LogP contribution in [-0.2, 0) is 0 Å². The second kappa shape index (κ2) is 4.14. The molecule has 0 unspecified atom stereocenters. The van der Waals surface area contributed by atoms with Gasteiger partial charge in [-0.3, -0.25) is 14.6 Å². The summed E-state index contributed by atoms with van der Waals surface area (Å²) in [6.45, 7) is 0. The Bertz CT molecular complexity index is 700. The number of H-pyrrole nitrogens is 2. The SMILES string of the molecule is CN(C)C(=O)c1ccc2c(=O)[nH]c(=S)[nH]c2c1. The van der Waals surface area contributed by atoms with Crippen molar-refractivity contribution in [1.82, 2.24) is 14.9 Å². The van der Waals surface area contributed by atoms with Crippen molar-refractivity contribution in [3.8, 4) is 0 Å². The summed E-state index contributed by atoms with van der Waals surface area (Å²) >= 11 is 4.88. The number of amides is 1. The molecule has 17 heavy (non-hydrogen) atoms. The summed E-state index contributed by atoms with van der Waals surface area (Å²) in [6.07, 6.45) is 0. The first-order valence-electron chi connectivity index (χ1n) is 4.97. The minimum atomic E-state index is -0.257. The van der Waals surface area contributed by atoms with Gasteiger partial charge >= 0.3 is 0 Å². The van der Waals surface area contributed by atoms with Crippen molar-refractivity contribution in [2.75, 3.05) is 14.1 Å². The molecule has 88 valence electrons. The maximum Gasteiger partial charge on any atom is 0.259 e. The molecule has 0 bridgehead atoms. The lowest BCUT2D eigenvalue weighted by Gasteiger charge is -2.10. The van der Waals surface area contributed by atoms with E-state index in [1.807, 2.05) is 0 Å². The summed E-state index contributed by atoms with van der Waals surface area (Å²) in [5.41, 5.74) is 0.817. The van der Waals surface area contributed by atoms with Gasteiger partial charge in [0.15, 0.2) is 4.77 Å². The van der Waals surface area contributed by atoms with E-state index >= 15 is 0 Å². The molecule has 6 heteroatoms. The van der Waals surface area contributed by atoms with Gasteiger partial charge in [0.25, 0.3) is 11.5 Å². The number of fused-ring (bicyclic) bond motifs is 1. The van der Waals surface area contributed by atoms with Gasteiger partial charge in [-0.05, 0) is 30.4 Å². The first-order valence-corrected chi connectivity index (χ1v) is 5.38. The Morgan fingerprint density at radius 3 is 2.65 bits per heavy atom. The Hall–Kier alpha value is -1.95. The summed E-state index contributed by atoms with van der Waals surface area (Å²) in [4.78, 5) is 30.2. The second-order valence-electron chi connectivity index (χ2n) is 3.87. The Labute approximate surface area is 102 Å². The molecule has 1 aromatic carbocycles. The number of aromatic amines is 2. The highest BCUT2D eigenvalue weighted by molar-refractivity contribution is 7.71. The molecule has 0 spiro atoms. The average molecular weight is 249 g/mol. The third-order valence-corrected chi connectivity index (χ3v) is 2.60. The Morgan fingerprint density at radius 2 is 2.00 bits per heavy atom. The van der Waals surface area contributed by atoms with Crippen molar-refractivity contribution in [3.63, 3.8) is 0 Å². The molecule has 0 fully saturated rings. The molecule has 2 N–H and O–H groups in total. The summed E-state index contributed by atoms with van der Waals surface area (Å²) in [5.74, 6) is -0.119. The topological polar surface area (TPSA) is 69.0 Å². The summed E-state index contributed by atoms with van der Waals surface area (Å²) in [6, 6.07) is 4.86. The highest BCUT2D eigenvalue weighted by Crippen LogP contribution is 2.11. The summed E-state index contributed by atoms with van der Waals surface area (Å²) in [5, 5.41) is 0.480. The van der Waals surface area contributed by atoms with E-state index in [0.29, 0.717) is 16.5 Å². The lowest BCUT2D eigenvalue weighted by atomic mass is 10.1.